The number of nitrogens with zero attached hydrogens (tertiary/aromatic N) is 4. The molecule has 3 aromatic rings. The van der Waals surface area contributed by atoms with Crippen LogP contribution in [0, 0.1) is 5.92 Å². The number of nitrogens with one attached hydrogen (secondary N) is 1. The number of rotatable bonds is 5. The number of benzene rings is 2. The van der Waals surface area contributed by atoms with Crippen LogP contribution in [0.4, 0.5) is 5.95 Å². The lowest BCUT2D eigenvalue weighted by Crippen LogP contribution is -2.42. The Morgan fingerprint density at radius 3 is 2.84 bits per heavy atom. The molecule has 4 heterocycles. The van der Waals surface area contributed by atoms with Crippen molar-refractivity contribution >= 4 is 29.4 Å². The van der Waals surface area contributed by atoms with Crippen LogP contribution in [-0.2, 0) is 29.0 Å². The molecule has 1 N–H and O–H groups in total. The standard InChI is InChI=1S/C29H30ClN5O3/c1-18-17-38-11-9-25(18)32-29-31-13-24(30)27(33-29)20-6-7-22-15-35(28(37)23(22)12-20)16-26(36)34-10-8-19-4-2-3-5-21(19)14-34/h2-7,12-13,18,25H,8-11,14-17H2,1H3,(H,31,32,33). The molecule has 1 saturated heterocycles. The quantitative estimate of drug-likeness (QED) is 0.531. The van der Waals surface area contributed by atoms with Gasteiger partial charge >= 0.3 is 0 Å². The van der Waals surface area contributed by atoms with Crippen LogP contribution in [0.3, 0.4) is 0 Å². The molecule has 1 aromatic heterocycles. The van der Waals surface area contributed by atoms with Crippen LogP contribution >= 0.6 is 11.6 Å². The monoisotopic (exact) mass is 531 g/mol. The third-order valence-electron chi connectivity index (χ3n) is 7.77. The van der Waals surface area contributed by atoms with Gasteiger partial charge in [-0.2, -0.15) is 0 Å². The average molecular weight is 532 g/mol. The second-order valence-electron chi connectivity index (χ2n) is 10.3. The van der Waals surface area contributed by atoms with Crippen molar-refractivity contribution in [1.82, 2.24) is 19.8 Å². The van der Waals surface area contributed by atoms with E-state index in [1.165, 1.54) is 11.1 Å². The predicted molar refractivity (Wildman–Crippen MR) is 145 cm³/mol. The van der Waals surface area contributed by atoms with Gasteiger partial charge in [-0.25, -0.2) is 9.97 Å². The number of fused-ring (bicyclic) bond motifs is 2. The lowest BCUT2D eigenvalue weighted by molar-refractivity contribution is -0.132. The van der Waals surface area contributed by atoms with E-state index in [1.54, 1.807) is 11.1 Å². The number of aromatic nitrogens is 2. The molecule has 8 nitrogen and oxygen atoms in total. The molecule has 38 heavy (non-hydrogen) atoms. The Balaban J connectivity index is 1.16. The van der Waals surface area contributed by atoms with E-state index >= 15 is 0 Å². The average Bonchev–Trinajstić information content (AvgIpc) is 3.24. The fourth-order valence-electron chi connectivity index (χ4n) is 5.51. The minimum absolute atomic E-state index is 0.0298. The normalized spacial score (nSPS) is 20.7. The molecule has 2 aromatic carbocycles. The Kier molecular flexibility index (Phi) is 6.76. The highest BCUT2D eigenvalue weighted by Gasteiger charge is 2.31. The molecule has 9 heteroatoms. The van der Waals surface area contributed by atoms with Crippen LogP contribution in [0.1, 0.15) is 40.4 Å². The Hall–Kier alpha value is -3.49. The maximum Gasteiger partial charge on any atom is 0.254 e. The highest BCUT2D eigenvalue weighted by Crippen LogP contribution is 2.32. The van der Waals surface area contributed by atoms with E-state index in [0.717, 1.165) is 24.0 Å². The first-order valence-electron chi connectivity index (χ1n) is 13.1. The Morgan fingerprint density at radius 2 is 2.00 bits per heavy atom. The zero-order chi connectivity index (χ0) is 26.2. The molecule has 196 valence electrons. The maximum absolute atomic E-state index is 13.3. The number of hydrogen-bond donors (Lipinski definition) is 1. The molecular weight excluding hydrogens is 502 g/mol. The summed E-state index contributed by atoms with van der Waals surface area (Å²) in [5, 5.41) is 3.83. The maximum atomic E-state index is 13.3. The Labute approximate surface area is 227 Å². The van der Waals surface area contributed by atoms with E-state index in [2.05, 4.69) is 34.3 Å². The molecule has 3 aliphatic rings. The van der Waals surface area contributed by atoms with E-state index in [9.17, 15) is 9.59 Å². The molecule has 2 atom stereocenters. The first-order chi connectivity index (χ1) is 18.5. The van der Waals surface area contributed by atoms with Crippen molar-refractivity contribution in [3.63, 3.8) is 0 Å². The smallest absolute Gasteiger partial charge is 0.254 e. The molecule has 0 spiro atoms. The van der Waals surface area contributed by atoms with Gasteiger partial charge in [0, 0.05) is 43.4 Å². The van der Waals surface area contributed by atoms with Crippen molar-refractivity contribution < 1.29 is 14.3 Å². The SMILES string of the molecule is CC1COCCC1Nc1ncc(Cl)c(-c2ccc3c(c2)C(=O)N(CC(=O)N2CCc4ccccc4C2)C3)n1. The Morgan fingerprint density at radius 1 is 1.16 bits per heavy atom. The summed E-state index contributed by atoms with van der Waals surface area (Å²) in [6, 6.07) is 14.1. The van der Waals surface area contributed by atoms with Gasteiger partial charge in [-0.05, 0) is 41.5 Å². The van der Waals surface area contributed by atoms with Crippen LogP contribution in [0.2, 0.25) is 5.02 Å². The van der Waals surface area contributed by atoms with E-state index in [4.69, 9.17) is 16.3 Å². The van der Waals surface area contributed by atoms with Crippen LogP contribution in [0.25, 0.3) is 11.3 Å². The lowest BCUT2D eigenvalue weighted by Gasteiger charge is -2.30. The number of carbonyl (C=O) groups excluding carboxylic acids is 2. The summed E-state index contributed by atoms with van der Waals surface area (Å²) in [5.41, 5.74) is 5.26. The van der Waals surface area contributed by atoms with E-state index in [1.807, 2.05) is 35.2 Å². The number of anilines is 1. The fourth-order valence-corrected chi connectivity index (χ4v) is 5.71. The third kappa shape index (κ3) is 4.86. The number of ether oxygens (including phenoxy) is 1. The number of halogens is 1. The molecule has 0 radical (unpaired) electrons. The molecule has 0 saturated carbocycles. The molecular formula is C29H30ClN5O3. The molecule has 0 bridgehead atoms. The predicted octanol–water partition coefficient (Wildman–Crippen LogP) is 4.17. The van der Waals surface area contributed by atoms with Crippen molar-refractivity contribution in [2.24, 2.45) is 5.92 Å². The summed E-state index contributed by atoms with van der Waals surface area (Å²) in [4.78, 5) is 38.9. The third-order valence-corrected chi connectivity index (χ3v) is 8.05. The first kappa shape index (κ1) is 24.8. The summed E-state index contributed by atoms with van der Waals surface area (Å²) in [7, 11) is 0. The number of hydrogen-bond acceptors (Lipinski definition) is 6. The van der Waals surface area contributed by atoms with Gasteiger partial charge in [0.2, 0.25) is 11.9 Å². The highest BCUT2D eigenvalue weighted by molar-refractivity contribution is 6.33. The fraction of sp³-hybridized carbons (Fsp3) is 0.379. The molecule has 3 aliphatic heterocycles. The van der Waals surface area contributed by atoms with Crippen molar-refractivity contribution in [1.29, 1.82) is 0 Å². The summed E-state index contributed by atoms with van der Waals surface area (Å²) in [5.74, 6) is 0.674. The molecule has 1 fully saturated rings. The van der Waals surface area contributed by atoms with E-state index in [-0.39, 0.29) is 24.4 Å². The number of carbonyl (C=O) groups is 2. The van der Waals surface area contributed by atoms with Gasteiger partial charge in [0.1, 0.15) is 6.54 Å². The van der Waals surface area contributed by atoms with Gasteiger partial charge in [0.15, 0.2) is 0 Å². The summed E-state index contributed by atoms with van der Waals surface area (Å²) >= 11 is 6.49. The second-order valence-corrected chi connectivity index (χ2v) is 10.8. The van der Waals surface area contributed by atoms with Crippen molar-refractivity contribution in [2.45, 2.75) is 38.9 Å². The van der Waals surface area contributed by atoms with Gasteiger partial charge in [0.25, 0.3) is 5.91 Å². The highest BCUT2D eigenvalue weighted by atomic mass is 35.5. The van der Waals surface area contributed by atoms with Crippen LogP contribution in [0.5, 0.6) is 0 Å². The van der Waals surface area contributed by atoms with Crippen molar-refractivity contribution in [3.05, 3.63) is 75.9 Å². The van der Waals surface area contributed by atoms with E-state index < -0.39 is 0 Å². The first-order valence-corrected chi connectivity index (χ1v) is 13.5. The summed E-state index contributed by atoms with van der Waals surface area (Å²) in [6.45, 7) is 5.29. The van der Waals surface area contributed by atoms with Gasteiger partial charge in [-0.1, -0.05) is 54.9 Å². The summed E-state index contributed by atoms with van der Waals surface area (Å²) in [6.07, 6.45) is 3.31. The molecule has 2 amide bonds. The largest absolute Gasteiger partial charge is 0.381 e. The Bertz CT molecular complexity index is 1400. The molecule has 0 aliphatic carbocycles. The van der Waals surface area contributed by atoms with Crippen molar-refractivity contribution in [3.8, 4) is 11.3 Å². The molecule has 6 rings (SSSR count). The van der Waals surface area contributed by atoms with Gasteiger partial charge in [-0.3, -0.25) is 9.59 Å². The van der Waals surface area contributed by atoms with Crippen LogP contribution < -0.4 is 5.32 Å². The minimum Gasteiger partial charge on any atom is -0.381 e. The minimum atomic E-state index is -0.146. The topological polar surface area (TPSA) is 87.7 Å². The van der Waals surface area contributed by atoms with E-state index in [0.29, 0.717) is 61.0 Å². The molecule has 2 unspecified atom stereocenters. The van der Waals surface area contributed by atoms with Crippen molar-refractivity contribution in [2.75, 3.05) is 31.6 Å². The zero-order valence-electron chi connectivity index (χ0n) is 21.3. The zero-order valence-corrected chi connectivity index (χ0v) is 22.1. The second kappa shape index (κ2) is 10.3. The van der Waals surface area contributed by atoms with Gasteiger partial charge in [0.05, 0.1) is 23.5 Å². The number of amides is 2. The van der Waals surface area contributed by atoms with Gasteiger partial charge < -0.3 is 19.9 Å². The summed E-state index contributed by atoms with van der Waals surface area (Å²) < 4.78 is 5.53. The van der Waals surface area contributed by atoms with Crippen LogP contribution in [0.15, 0.2) is 48.7 Å². The van der Waals surface area contributed by atoms with Crippen LogP contribution in [-0.4, -0.2) is 63.9 Å². The van der Waals surface area contributed by atoms with Gasteiger partial charge in [-0.15, -0.1) is 0 Å². The lowest BCUT2D eigenvalue weighted by atomic mass is 9.98.